The second kappa shape index (κ2) is 6.70. The minimum Gasteiger partial charge on any atom is -0.468 e. The highest BCUT2D eigenvalue weighted by atomic mass is 32.1. The molecule has 2 aromatic heterocycles. The molecular formula is C18H22N2O3S. The molecule has 0 unspecified atom stereocenters. The Labute approximate surface area is 145 Å². The lowest BCUT2D eigenvalue weighted by molar-refractivity contribution is -0.0363. The normalized spacial score (nSPS) is 26.8. The van der Waals surface area contributed by atoms with Gasteiger partial charge in [-0.1, -0.05) is 0 Å². The number of carbonyl (C=O) groups excluding carboxylic acids is 1. The van der Waals surface area contributed by atoms with Crippen LogP contribution in [0.1, 0.15) is 29.0 Å². The molecule has 2 aliphatic rings. The highest BCUT2D eigenvalue weighted by Gasteiger charge is 2.47. The van der Waals surface area contributed by atoms with Crippen LogP contribution in [0, 0.1) is 0 Å². The van der Waals surface area contributed by atoms with E-state index in [1.165, 1.54) is 0 Å². The lowest BCUT2D eigenvalue weighted by Gasteiger charge is -2.34. The van der Waals surface area contributed by atoms with E-state index in [0.29, 0.717) is 6.54 Å². The minimum absolute atomic E-state index is 0.0845. The SMILES string of the molecule is CN(Cc1ccco1)[C@@H]1CN(C(=O)c2ccsc2)[C@@H]2CCCO[C@H]12. The van der Waals surface area contributed by atoms with Crippen LogP contribution in [-0.2, 0) is 11.3 Å². The fraction of sp³-hybridized carbons (Fsp3) is 0.500. The molecule has 0 radical (unpaired) electrons. The van der Waals surface area contributed by atoms with E-state index in [-0.39, 0.29) is 24.1 Å². The minimum atomic E-state index is 0.0845. The van der Waals surface area contributed by atoms with Gasteiger partial charge in [0, 0.05) is 18.5 Å². The van der Waals surface area contributed by atoms with Gasteiger partial charge in [0.1, 0.15) is 5.76 Å². The molecule has 6 heteroatoms. The van der Waals surface area contributed by atoms with Gasteiger partial charge in [-0.05, 0) is 43.5 Å². The van der Waals surface area contributed by atoms with E-state index in [4.69, 9.17) is 9.15 Å². The number of carbonyl (C=O) groups is 1. The summed E-state index contributed by atoms with van der Waals surface area (Å²) in [5, 5.41) is 3.89. The van der Waals surface area contributed by atoms with E-state index in [0.717, 1.165) is 37.3 Å². The van der Waals surface area contributed by atoms with E-state index in [9.17, 15) is 4.79 Å². The number of likely N-dealkylation sites (tertiary alicyclic amines) is 1. The molecule has 4 heterocycles. The zero-order valence-electron chi connectivity index (χ0n) is 13.8. The summed E-state index contributed by atoms with van der Waals surface area (Å²) < 4.78 is 11.6. The van der Waals surface area contributed by atoms with Crippen LogP contribution in [0.2, 0.25) is 0 Å². The van der Waals surface area contributed by atoms with Gasteiger partial charge in [0.25, 0.3) is 5.91 Å². The summed E-state index contributed by atoms with van der Waals surface area (Å²) in [6.07, 6.45) is 3.82. The summed E-state index contributed by atoms with van der Waals surface area (Å²) in [7, 11) is 2.08. The zero-order valence-corrected chi connectivity index (χ0v) is 14.6. The predicted molar refractivity (Wildman–Crippen MR) is 92.1 cm³/mol. The van der Waals surface area contributed by atoms with Gasteiger partial charge in [0.05, 0.1) is 36.6 Å². The number of hydrogen-bond acceptors (Lipinski definition) is 5. The number of rotatable bonds is 4. The van der Waals surface area contributed by atoms with Gasteiger partial charge in [-0.3, -0.25) is 9.69 Å². The molecule has 0 N–H and O–H groups in total. The molecule has 0 saturated carbocycles. The van der Waals surface area contributed by atoms with Crippen LogP contribution in [0.25, 0.3) is 0 Å². The maximum absolute atomic E-state index is 12.9. The number of amides is 1. The lowest BCUT2D eigenvalue weighted by atomic mass is 10.00. The number of ether oxygens (including phenoxy) is 1. The van der Waals surface area contributed by atoms with Gasteiger partial charge in [-0.2, -0.15) is 11.3 Å². The van der Waals surface area contributed by atoms with Gasteiger partial charge < -0.3 is 14.1 Å². The van der Waals surface area contributed by atoms with E-state index in [2.05, 4.69) is 11.9 Å². The van der Waals surface area contributed by atoms with Crippen LogP contribution in [0.15, 0.2) is 39.6 Å². The molecule has 128 valence electrons. The number of thiophene rings is 1. The van der Waals surface area contributed by atoms with E-state index in [1.807, 2.05) is 33.9 Å². The smallest absolute Gasteiger partial charge is 0.255 e. The van der Waals surface area contributed by atoms with Crippen LogP contribution in [0.3, 0.4) is 0 Å². The van der Waals surface area contributed by atoms with Gasteiger partial charge in [0.15, 0.2) is 0 Å². The summed E-state index contributed by atoms with van der Waals surface area (Å²) in [6, 6.07) is 6.17. The average molecular weight is 346 g/mol. The van der Waals surface area contributed by atoms with Crippen molar-refractivity contribution < 1.29 is 13.9 Å². The molecule has 0 aromatic carbocycles. The van der Waals surface area contributed by atoms with Crippen LogP contribution in [0.5, 0.6) is 0 Å². The van der Waals surface area contributed by atoms with Gasteiger partial charge in [0.2, 0.25) is 0 Å². The third-order valence-corrected chi connectivity index (χ3v) is 5.76. The van der Waals surface area contributed by atoms with Crippen molar-refractivity contribution in [2.45, 2.75) is 37.6 Å². The Morgan fingerprint density at radius 3 is 3.12 bits per heavy atom. The van der Waals surface area contributed by atoms with Crippen molar-refractivity contribution in [3.8, 4) is 0 Å². The maximum Gasteiger partial charge on any atom is 0.255 e. The number of likely N-dealkylation sites (N-methyl/N-ethyl adjacent to an activating group) is 1. The zero-order chi connectivity index (χ0) is 16.5. The first-order valence-electron chi connectivity index (χ1n) is 8.41. The number of furan rings is 1. The van der Waals surface area contributed by atoms with Gasteiger partial charge in [-0.25, -0.2) is 0 Å². The lowest BCUT2D eigenvalue weighted by Crippen LogP contribution is -2.46. The molecule has 2 saturated heterocycles. The topological polar surface area (TPSA) is 45.9 Å². The van der Waals surface area contributed by atoms with Crippen molar-refractivity contribution in [3.05, 3.63) is 46.5 Å². The van der Waals surface area contributed by atoms with E-state index in [1.54, 1.807) is 17.6 Å². The summed E-state index contributed by atoms with van der Waals surface area (Å²) in [5.41, 5.74) is 0.790. The third kappa shape index (κ3) is 2.90. The fourth-order valence-corrected chi connectivity index (χ4v) is 4.50. The van der Waals surface area contributed by atoms with Crippen molar-refractivity contribution >= 4 is 17.2 Å². The molecule has 0 aliphatic carbocycles. The highest BCUT2D eigenvalue weighted by Crippen LogP contribution is 2.33. The second-order valence-corrected chi connectivity index (χ2v) is 7.36. The number of fused-ring (bicyclic) bond motifs is 1. The van der Waals surface area contributed by atoms with Gasteiger partial charge in [-0.15, -0.1) is 0 Å². The van der Waals surface area contributed by atoms with Crippen LogP contribution < -0.4 is 0 Å². The molecular weight excluding hydrogens is 324 g/mol. The van der Waals surface area contributed by atoms with Gasteiger partial charge >= 0.3 is 0 Å². The van der Waals surface area contributed by atoms with Crippen molar-refractivity contribution in [2.75, 3.05) is 20.2 Å². The first kappa shape index (κ1) is 15.9. The molecule has 4 rings (SSSR count). The quantitative estimate of drug-likeness (QED) is 0.854. The largest absolute Gasteiger partial charge is 0.468 e. The second-order valence-electron chi connectivity index (χ2n) is 6.58. The van der Waals surface area contributed by atoms with Crippen molar-refractivity contribution in [3.63, 3.8) is 0 Å². The van der Waals surface area contributed by atoms with Crippen molar-refractivity contribution in [1.29, 1.82) is 0 Å². The molecule has 0 bridgehead atoms. The van der Waals surface area contributed by atoms with Crippen LogP contribution >= 0.6 is 11.3 Å². The average Bonchev–Trinajstić information content (AvgIpc) is 3.34. The Hall–Kier alpha value is -1.63. The van der Waals surface area contributed by atoms with E-state index >= 15 is 0 Å². The van der Waals surface area contributed by atoms with Crippen LogP contribution in [-0.4, -0.2) is 54.1 Å². The number of nitrogens with zero attached hydrogens (tertiary/aromatic N) is 2. The Morgan fingerprint density at radius 1 is 1.46 bits per heavy atom. The Balaban J connectivity index is 1.53. The first-order valence-corrected chi connectivity index (χ1v) is 9.35. The molecule has 1 amide bonds. The summed E-state index contributed by atoms with van der Waals surface area (Å²) >= 11 is 1.56. The molecule has 5 nitrogen and oxygen atoms in total. The standard InChI is InChI=1S/C18H22N2O3S/c1-19(10-14-4-2-7-22-14)16-11-20(15-5-3-8-23-17(15)16)18(21)13-6-9-24-12-13/h2,4,6-7,9,12,15-17H,3,5,8,10-11H2,1H3/t15-,16-,17+/m1/s1. The third-order valence-electron chi connectivity index (χ3n) is 5.08. The Bertz CT molecular complexity index is 671. The van der Waals surface area contributed by atoms with Crippen molar-refractivity contribution in [1.82, 2.24) is 9.80 Å². The maximum atomic E-state index is 12.9. The number of hydrogen-bond donors (Lipinski definition) is 0. The highest BCUT2D eigenvalue weighted by molar-refractivity contribution is 7.08. The Morgan fingerprint density at radius 2 is 2.38 bits per heavy atom. The van der Waals surface area contributed by atoms with E-state index < -0.39 is 0 Å². The first-order chi connectivity index (χ1) is 11.7. The molecule has 0 spiro atoms. The molecule has 2 aromatic rings. The predicted octanol–water partition coefficient (Wildman–Crippen LogP) is 2.85. The summed E-state index contributed by atoms with van der Waals surface area (Å²) in [5.74, 6) is 1.07. The molecule has 24 heavy (non-hydrogen) atoms. The monoisotopic (exact) mass is 346 g/mol. The molecule has 3 atom stereocenters. The fourth-order valence-electron chi connectivity index (χ4n) is 3.87. The summed E-state index contributed by atoms with van der Waals surface area (Å²) in [6.45, 7) is 2.22. The van der Waals surface area contributed by atoms with Crippen LogP contribution in [0.4, 0.5) is 0 Å². The van der Waals surface area contributed by atoms with Crippen molar-refractivity contribution in [2.24, 2.45) is 0 Å². The Kier molecular flexibility index (Phi) is 4.43. The summed E-state index contributed by atoms with van der Waals surface area (Å²) in [4.78, 5) is 17.2. The molecule has 2 aliphatic heterocycles. The molecule has 2 fully saturated rings.